The van der Waals surface area contributed by atoms with Crippen LogP contribution in [-0.2, 0) is 11.2 Å². The van der Waals surface area contributed by atoms with Gasteiger partial charge in [0.05, 0.1) is 18.8 Å². The van der Waals surface area contributed by atoms with Gasteiger partial charge in [0.2, 0.25) is 0 Å². The standard InChI is InChI=1S/C14H23BrN2O2/c1-5-19-14(2,3)13(17-16)9-10-8-11(15)6-7-12(10)18-4/h6-8,13,17H,5,9,16H2,1-4H3. The Kier molecular flexibility index (Phi) is 6.26. The quantitative estimate of drug-likeness (QED) is 0.596. The summed E-state index contributed by atoms with van der Waals surface area (Å²) in [5.41, 5.74) is 3.59. The first-order chi connectivity index (χ1) is 8.94. The number of ether oxygens (including phenoxy) is 2. The first kappa shape index (κ1) is 16.4. The predicted octanol–water partition coefficient (Wildman–Crippen LogP) is 2.65. The van der Waals surface area contributed by atoms with Crippen LogP contribution in [0.3, 0.4) is 0 Å². The fourth-order valence-corrected chi connectivity index (χ4v) is 2.51. The van der Waals surface area contributed by atoms with Crippen LogP contribution in [0.5, 0.6) is 5.75 Å². The van der Waals surface area contributed by atoms with E-state index in [1.807, 2.05) is 39.0 Å². The average molecular weight is 331 g/mol. The summed E-state index contributed by atoms with van der Waals surface area (Å²) in [7, 11) is 1.67. The van der Waals surface area contributed by atoms with E-state index in [1.54, 1.807) is 7.11 Å². The molecule has 0 aromatic heterocycles. The third-order valence-electron chi connectivity index (χ3n) is 3.22. The van der Waals surface area contributed by atoms with E-state index in [-0.39, 0.29) is 11.6 Å². The fraction of sp³-hybridized carbons (Fsp3) is 0.571. The summed E-state index contributed by atoms with van der Waals surface area (Å²) in [4.78, 5) is 0. The highest BCUT2D eigenvalue weighted by Gasteiger charge is 2.30. The van der Waals surface area contributed by atoms with Gasteiger partial charge in [-0.3, -0.25) is 11.3 Å². The predicted molar refractivity (Wildman–Crippen MR) is 81.2 cm³/mol. The van der Waals surface area contributed by atoms with Crippen molar-refractivity contribution < 1.29 is 9.47 Å². The SMILES string of the molecule is CCOC(C)(C)C(Cc1cc(Br)ccc1OC)NN. The molecule has 0 saturated heterocycles. The molecule has 0 radical (unpaired) electrons. The van der Waals surface area contributed by atoms with Crippen molar-refractivity contribution in [2.45, 2.75) is 38.8 Å². The molecule has 0 amide bonds. The van der Waals surface area contributed by atoms with Crippen molar-refractivity contribution in [2.75, 3.05) is 13.7 Å². The Morgan fingerprint density at radius 2 is 2.11 bits per heavy atom. The van der Waals surface area contributed by atoms with Crippen LogP contribution in [0.4, 0.5) is 0 Å². The maximum atomic E-state index is 5.76. The van der Waals surface area contributed by atoms with Crippen molar-refractivity contribution in [1.82, 2.24) is 5.43 Å². The van der Waals surface area contributed by atoms with Crippen LogP contribution < -0.4 is 16.0 Å². The highest BCUT2D eigenvalue weighted by atomic mass is 79.9. The van der Waals surface area contributed by atoms with E-state index in [0.717, 1.165) is 22.2 Å². The minimum Gasteiger partial charge on any atom is -0.496 e. The van der Waals surface area contributed by atoms with Crippen LogP contribution in [0, 0.1) is 0 Å². The van der Waals surface area contributed by atoms with E-state index in [4.69, 9.17) is 15.3 Å². The monoisotopic (exact) mass is 330 g/mol. The number of hydrogen-bond acceptors (Lipinski definition) is 4. The van der Waals surface area contributed by atoms with Crippen LogP contribution in [0.15, 0.2) is 22.7 Å². The minimum absolute atomic E-state index is 0.00403. The van der Waals surface area contributed by atoms with Gasteiger partial charge in [-0.2, -0.15) is 0 Å². The zero-order chi connectivity index (χ0) is 14.5. The van der Waals surface area contributed by atoms with E-state index in [1.165, 1.54) is 0 Å². The number of rotatable bonds is 7. The molecule has 0 aliphatic rings. The minimum atomic E-state index is -0.350. The second kappa shape index (κ2) is 7.24. The molecular formula is C14H23BrN2O2. The van der Waals surface area contributed by atoms with Crippen molar-refractivity contribution in [3.8, 4) is 5.75 Å². The molecule has 0 aliphatic carbocycles. The van der Waals surface area contributed by atoms with Gasteiger partial charge >= 0.3 is 0 Å². The van der Waals surface area contributed by atoms with Gasteiger partial charge in [-0.1, -0.05) is 15.9 Å². The van der Waals surface area contributed by atoms with Gasteiger partial charge in [0.25, 0.3) is 0 Å². The van der Waals surface area contributed by atoms with Crippen LogP contribution in [0.1, 0.15) is 26.3 Å². The number of hydrogen-bond donors (Lipinski definition) is 2. The lowest BCUT2D eigenvalue weighted by molar-refractivity contribution is -0.0381. The van der Waals surface area contributed by atoms with Crippen molar-refractivity contribution >= 4 is 15.9 Å². The maximum Gasteiger partial charge on any atom is 0.122 e. The summed E-state index contributed by atoms with van der Waals surface area (Å²) in [6.07, 6.45) is 0.728. The van der Waals surface area contributed by atoms with Crippen LogP contribution in [-0.4, -0.2) is 25.4 Å². The molecule has 4 nitrogen and oxygen atoms in total. The second-order valence-corrected chi connectivity index (χ2v) is 5.83. The Hall–Kier alpha value is -0.620. The molecule has 5 heteroatoms. The smallest absolute Gasteiger partial charge is 0.122 e. The van der Waals surface area contributed by atoms with Crippen molar-refractivity contribution in [2.24, 2.45) is 5.84 Å². The largest absolute Gasteiger partial charge is 0.496 e. The summed E-state index contributed by atoms with van der Waals surface area (Å²) in [6.45, 7) is 6.70. The molecule has 1 rings (SSSR count). The summed E-state index contributed by atoms with van der Waals surface area (Å²) in [5.74, 6) is 6.54. The van der Waals surface area contributed by atoms with Gasteiger partial charge in [0, 0.05) is 11.1 Å². The highest BCUT2D eigenvalue weighted by molar-refractivity contribution is 9.10. The van der Waals surface area contributed by atoms with E-state index >= 15 is 0 Å². The summed E-state index contributed by atoms with van der Waals surface area (Å²) >= 11 is 3.48. The number of halogens is 1. The molecule has 0 spiro atoms. The lowest BCUT2D eigenvalue weighted by Crippen LogP contribution is -2.52. The highest BCUT2D eigenvalue weighted by Crippen LogP contribution is 2.27. The normalized spacial score (nSPS) is 13.4. The molecular weight excluding hydrogens is 308 g/mol. The van der Waals surface area contributed by atoms with Crippen molar-refractivity contribution in [3.63, 3.8) is 0 Å². The molecule has 0 aliphatic heterocycles. The molecule has 1 aromatic rings. The van der Waals surface area contributed by atoms with E-state index in [0.29, 0.717) is 6.61 Å². The Bertz CT molecular complexity index is 410. The Balaban J connectivity index is 2.95. The molecule has 0 fully saturated rings. The second-order valence-electron chi connectivity index (χ2n) is 4.92. The molecule has 108 valence electrons. The van der Waals surface area contributed by atoms with E-state index < -0.39 is 0 Å². The Morgan fingerprint density at radius 3 is 2.63 bits per heavy atom. The number of nitrogens with one attached hydrogen (secondary N) is 1. The summed E-state index contributed by atoms with van der Waals surface area (Å²) < 4.78 is 12.2. The Morgan fingerprint density at radius 1 is 1.42 bits per heavy atom. The van der Waals surface area contributed by atoms with Crippen molar-refractivity contribution in [3.05, 3.63) is 28.2 Å². The third kappa shape index (κ3) is 4.45. The van der Waals surface area contributed by atoms with Crippen LogP contribution >= 0.6 is 15.9 Å². The number of methoxy groups -OCH3 is 1. The molecule has 1 atom stereocenters. The van der Waals surface area contributed by atoms with Gasteiger partial charge in [-0.05, 0) is 51.0 Å². The summed E-state index contributed by atoms with van der Waals surface area (Å²) in [6, 6.07) is 5.95. The van der Waals surface area contributed by atoms with Gasteiger partial charge < -0.3 is 9.47 Å². The Labute approximate surface area is 123 Å². The maximum absolute atomic E-state index is 5.76. The number of nitrogens with two attached hydrogens (primary N) is 1. The molecule has 19 heavy (non-hydrogen) atoms. The van der Waals surface area contributed by atoms with Crippen LogP contribution in [0.2, 0.25) is 0 Å². The fourth-order valence-electron chi connectivity index (χ4n) is 2.10. The average Bonchev–Trinajstić information content (AvgIpc) is 2.35. The van der Waals surface area contributed by atoms with Gasteiger partial charge in [-0.15, -0.1) is 0 Å². The number of hydrazine groups is 1. The molecule has 0 bridgehead atoms. The zero-order valence-electron chi connectivity index (χ0n) is 12.0. The van der Waals surface area contributed by atoms with Gasteiger partial charge in [0.1, 0.15) is 5.75 Å². The molecule has 3 N–H and O–H groups in total. The van der Waals surface area contributed by atoms with E-state index in [9.17, 15) is 0 Å². The first-order valence-corrected chi connectivity index (χ1v) is 7.16. The van der Waals surface area contributed by atoms with E-state index in [2.05, 4.69) is 21.4 Å². The zero-order valence-corrected chi connectivity index (χ0v) is 13.6. The van der Waals surface area contributed by atoms with Crippen LogP contribution in [0.25, 0.3) is 0 Å². The first-order valence-electron chi connectivity index (χ1n) is 6.37. The lowest BCUT2D eigenvalue weighted by Gasteiger charge is -2.34. The lowest BCUT2D eigenvalue weighted by atomic mass is 9.92. The molecule has 0 saturated carbocycles. The van der Waals surface area contributed by atoms with Gasteiger partial charge in [-0.25, -0.2) is 0 Å². The summed E-state index contributed by atoms with van der Waals surface area (Å²) in [5, 5.41) is 0. The molecule has 0 heterocycles. The molecule has 1 unspecified atom stereocenters. The number of benzene rings is 1. The third-order valence-corrected chi connectivity index (χ3v) is 3.72. The van der Waals surface area contributed by atoms with Crippen molar-refractivity contribution in [1.29, 1.82) is 0 Å². The van der Waals surface area contributed by atoms with Gasteiger partial charge in [0.15, 0.2) is 0 Å². The molecule has 1 aromatic carbocycles. The topological polar surface area (TPSA) is 56.5 Å².